The molecule has 1 unspecified atom stereocenters. The number of piperidine rings is 1. The topological polar surface area (TPSA) is 97.0 Å². The molecule has 1 aliphatic heterocycles. The number of aromatic nitrogens is 3. The first-order chi connectivity index (χ1) is 10.2. The van der Waals surface area contributed by atoms with Crippen LogP contribution in [0.15, 0.2) is 23.8 Å². The zero-order valence-corrected chi connectivity index (χ0v) is 12.2. The maximum Gasteiger partial charge on any atom is 0.323 e. The van der Waals surface area contributed by atoms with Gasteiger partial charge in [-0.3, -0.25) is 5.32 Å². The Hall–Kier alpha value is -2.22. The van der Waals surface area contributed by atoms with E-state index >= 15 is 0 Å². The fourth-order valence-corrected chi connectivity index (χ4v) is 2.99. The zero-order chi connectivity index (χ0) is 14.7. The number of thiazole rings is 1. The summed E-state index contributed by atoms with van der Waals surface area (Å²) in [6.45, 7) is 1.38. The molecular formula is C13H16N6OS. The number of nitrogens with one attached hydrogen (secondary N) is 1. The van der Waals surface area contributed by atoms with Gasteiger partial charge in [0.15, 0.2) is 5.13 Å². The molecule has 2 aromatic heterocycles. The third-order valence-electron chi connectivity index (χ3n) is 3.47. The smallest absolute Gasteiger partial charge is 0.323 e. The molecule has 0 radical (unpaired) electrons. The summed E-state index contributed by atoms with van der Waals surface area (Å²) in [5.41, 5.74) is 6.53. The van der Waals surface area contributed by atoms with E-state index in [0.29, 0.717) is 11.7 Å². The summed E-state index contributed by atoms with van der Waals surface area (Å²) in [5, 5.41) is 5.26. The van der Waals surface area contributed by atoms with Gasteiger partial charge < -0.3 is 10.6 Å². The van der Waals surface area contributed by atoms with Crippen LogP contribution < -0.4 is 11.1 Å². The van der Waals surface area contributed by atoms with Crippen molar-refractivity contribution in [2.45, 2.75) is 18.8 Å². The van der Waals surface area contributed by atoms with Crippen molar-refractivity contribution in [3.8, 4) is 0 Å². The molecule has 2 amide bonds. The Morgan fingerprint density at radius 2 is 2.33 bits per heavy atom. The number of urea groups is 1. The predicted octanol–water partition coefficient (Wildman–Crippen LogP) is 1.93. The molecule has 0 aliphatic carbocycles. The molecule has 2 aromatic rings. The van der Waals surface area contributed by atoms with Crippen molar-refractivity contribution in [3.05, 3.63) is 29.5 Å². The third kappa shape index (κ3) is 3.27. The predicted molar refractivity (Wildman–Crippen MR) is 81.1 cm³/mol. The maximum atomic E-state index is 12.2. The fourth-order valence-electron chi connectivity index (χ4n) is 2.47. The van der Waals surface area contributed by atoms with E-state index in [4.69, 9.17) is 5.73 Å². The average Bonchev–Trinajstić information content (AvgIpc) is 3.00. The molecular weight excluding hydrogens is 288 g/mol. The van der Waals surface area contributed by atoms with E-state index in [0.717, 1.165) is 25.1 Å². The van der Waals surface area contributed by atoms with Crippen LogP contribution in [0, 0.1) is 0 Å². The molecule has 1 atom stereocenters. The van der Waals surface area contributed by atoms with E-state index in [1.807, 2.05) is 11.4 Å². The van der Waals surface area contributed by atoms with Crippen LogP contribution in [0.4, 0.5) is 15.9 Å². The van der Waals surface area contributed by atoms with Gasteiger partial charge in [-0.2, -0.15) is 0 Å². The maximum absolute atomic E-state index is 12.2. The molecule has 1 fully saturated rings. The van der Waals surface area contributed by atoms with Crippen LogP contribution in [0.2, 0.25) is 0 Å². The van der Waals surface area contributed by atoms with E-state index < -0.39 is 0 Å². The highest BCUT2D eigenvalue weighted by molar-refractivity contribution is 7.13. The molecule has 0 aromatic carbocycles. The highest BCUT2D eigenvalue weighted by atomic mass is 32.1. The number of nitrogens with zero attached hydrogens (tertiary/aromatic N) is 4. The SMILES string of the molecule is Nc1nccc(C2CCCN(C(=O)Nc3nccs3)C2)n1. The highest BCUT2D eigenvalue weighted by Gasteiger charge is 2.26. The van der Waals surface area contributed by atoms with E-state index in [9.17, 15) is 4.79 Å². The number of nitrogen functional groups attached to an aromatic ring is 1. The van der Waals surface area contributed by atoms with E-state index in [2.05, 4.69) is 20.3 Å². The lowest BCUT2D eigenvalue weighted by Gasteiger charge is -2.32. The number of hydrogen-bond donors (Lipinski definition) is 2. The summed E-state index contributed by atoms with van der Waals surface area (Å²) in [5.74, 6) is 0.475. The Morgan fingerprint density at radius 1 is 1.43 bits per heavy atom. The molecule has 21 heavy (non-hydrogen) atoms. The minimum atomic E-state index is -0.114. The molecule has 3 N–H and O–H groups in total. The second-order valence-corrected chi connectivity index (χ2v) is 5.79. The summed E-state index contributed by atoms with van der Waals surface area (Å²) in [6, 6.07) is 1.75. The minimum absolute atomic E-state index is 0.114. The largest absolute Gasteiger partial charge is 0.368 e. The molecule has 1 saturated heterocycles. The first-order valence-corrected chi connectivity index (χ1v) is 7.64. The number of nitrogens with two attached hydrogens (primary N) is 1. The van der Waals surface area contributed by atoms with Crippen LogP contribution in [-0.2, 0) is 0 Å². The van der Waals surface area contributed by atoms with Gasteiger partial charge in [-0.15, -0.1) is 11.3 Å². The number of hydrogen-bond acceptors (Lipinski definition) is 6. The second kappa shape index (κ2) is 6.04. The Morgan fingerprint density at radius 3 is 3.10 bits per heavy atom. The van der Waals surface area contributed by atoms with Crippen LogP contribution in [0.5, 0.6) is 0 Å². The van der Waals surface area contributed by atoms with Gasteiger partial charge in [-0.05, 0) is 18.9 Å². The van der Waals surface area contributed by atoms with Crippen LogP contribution in [-0.4, -0.2) is 39.0 Å². The number of rotatable bonds is 2. The Labute approximate surface area is 126 Å². The number of carbonyl (C=O) groups excluding carboxylic acids is 1. The van der Waals surface area contributed by atoms with Crippen molar-refractivity contribution in [2.75, 3.05) is 24.1 Å². The summed E-state index contributed by atoms with van der Waals surface area (Å²) >= 11 is 1.41. The van der Waals surface area contributed by atoms with E-state index in [-0.39, 0.29) is 17.9 Å². The summed E-state index contributed by atoms with van der Waals surface area (Å²) in [4.78, 5) is 26.3. The molecule has 0 spiro atoms. The van der Waals surface area contributed by atoms with Gasteiger partial charge in [0.2, 0.25) is 5.95 Å². The van der Waals surface area contributed by atoms with Crippen molar-refractivity contribution < 1.29 is 4.79 Å². The monoisotopic (exact) mass is 304 g/mol. The van der Waals surface area contributed by atoms with Gasteiger partial charge in [-0.1, -0.05) is 0 Å². The molecule has 1 aliphatic rings. The van der Waals surface area contributed by atoms with E-state index in [1.54, 1.807) is 17.3 Å². The van der Waals surface area contributed by atoms with Gasteiger partial charge in [0, 0.05) is 36.8 Å². The van der Waals surface area contributed by atoms with Gasteiger partial charge in [0.05, 0.1) is 5.69 Å². The third-order valence-corrected chi connectivity index (χ3v) is 4.16. The van der Waals surface area contributed by atoms with Crippen LogP contribution in [0.1, 0.15) is 24.5 Å². The van der Waals surface area contributed by atoms with Crippen LogP contribution in [0.3, 0.4) is 0 Å². The van der Waals surface area contributed by atoms with Gasteiger partial charge >= 0.3 is 6.03 Å². The minimum Gasteiger partial charge on any atom is -0.368 e. The normalized spacial score (nSPS) is 18.5. The standard InChI is InChI=1S/C13H16N6OS/c14-11-15-4-3-10(17-11)9-2-1-6-19(8-9)13(20)18-12-16-5-7-21-12/h3-5,7,9H,1-2,6,8H2,(H2,14,15,17)(H,16,18,20). The number of likely N-dealkylation sites (tertiary alicyclic amines) is 1. The van der Waals surface area contributed by atoms with Gasteiger partial charge in [0.1, 0.15) is 0 Å². The molecule has 3 heterocycles. The lowest BCUT2D eigenvalue weighted by Crippen LogP contribution is -2.41. The Kier molecular flexibility index (Phi) is 3.96. The average molecular weight is 304 g/mol. The van der Waals surface area contributed by atoms with Crippen molar-refractivity contribution in [1.82, 2.24) is 19.9 Å². The van der Waals surface area contributed by atoms with E-state index in [1.165, 1.54) is 11.3 Å². The van der Waals surface area contributed by atoms with Crippen LogP contribution in [0.25, 0.3) is 0 Å². The summed E-state index contributed by atoms with van der Waals surface area (Å²) < 4.78 is 0. The highest BCUT2D eigenvalue weighted by Crippen LogP contribution is 2.26. The zero-order valence-electron chi connectivity index (χ0n) is 11.4. The van der Waals surface area contributed by atoms with Crippen LogP contribution >= 0.6 is 11.3 Å². The number of anilines is 2. The second-order valence-electron chi connectivity index (χ2n) is 4.89. The molecule has 8 heteroatoms. The fraction of sp³-hybridized carbons (Fsp3) is 0.385. The molecule has 3 rings (SSSR count). The number of carbonyl (C=O) groups is 1. The first-order valence-electron chi connectivity index (χ1n) is 6.76. The lowest BCUT2D eigenvalue weighted by atomic mass is 9.95. The Balaban J connectivity index is 1.66. The first kappa shape index (κ1) is 13.7. The Bertz CT molecular complexity index is 617. The molecule has 0 saturated carbocycles. The van der Waals surface area contributed by atoms with Crippen molar-refractivity contribution in [1.29, 1.82) is 0 Å². The molecule has 0 bridgehead atoms. The summed E-state index contributed by atoms with van der Waals surface area (Å²) in [7, 11) is 0. The van der Waals surface area contributed by atoms with Gasteiger partial charge in [0.25, 0.3) is 0 Å². The van der Waals surface area contributed by atoms with Crippen molar-refractivity contribution in [3.63, 3.8) is 0 Å². The quantitative estimate of drug-likeness (QED) is 0.883. The summed E-state index contributed by atoms with van der Waals surface area (Å²) in [6.07, 6.45) is 5.27. The van der Waals surface area contributed by atoms with Crippen molar-refractivity contribution >= 4 is 28.4 Å². The number of amides is 2. The van der Waals surface area contributed by atoms with Crippen molar-refractivity contribution in [2.24, 2.45) is 0 Å². The molecule has 110 valence electrons. The van der Waals surface area contributed by atoms with Gasteiger partial charge in [-0.25, -0.2) is 19.7 Å². The molecule has 7 nitrogen and oxygen atoms in total. The lowest BCUT2D eigenvalue weighted by molar-refractivity contribution is 0.192.